The minimum atomic E-state index is -1.18. The van der Waals surface area contributed by atoms with Gasteiger partial charge in [-0.2, -0.15) is 11.8 Å². The van der Waals surface area contributed by atoms with Crippen molar-refractivity contribution in [3.63, 3.8) is 0 Å². The molecule has 0 aromatic rings. The largest absolute Gasteiger partial charge is 0.480 e. The second-order valence-electron chi connectivity index (χ2n) is 7.80. The summed E-state index contributed by atoms with van der Waals surface area (Å²) in [6.07, 6.45) is 10.6. The van der Waals surface area contributed by atoms with E-state index >= 15 is 0 Å². The zero-order valence-electron chi connectivity index (χ0n) is 19.5. The van der Waals surface area contributed by atoms with Crippen LogP contribution in [0, 0.1) is 6.57 Å². The lowest BCUT2D eigenvalue weighted by Gasteiger charge is -2.19. The molecule has 0 heterocycles. The highest BCUT2D eigenvalue weighted by molar-refractivity contribution is 7.99. The van der Waals surface area contributed by atoms with Gasteiger partial charge in [-0.15, -0.1) is 0 Å². The molecule has 3 amide bonds. The molecule has 0 aliphatic heterocycles. The molecule has 0 rings (SSSR count). The molecule has 0 saturated heterocycles. The van der Waals surface area contributed by atoms with Crippen LogP contribution in [0.4, 0.5) is 4.79 Å². The molecule has 0 radical (unpaired) electrons. The summed E-state index contributed by atoms with van der Waals surface area (Å²) in [7, 11) is 0. The molecule has 4 N–H and O–H groups in total. The summed E-state index contributed by atoms with van der Waals surface area (Å²) in [5.41, 5.74) is 9.01. The van der Waals surface area contributed by atoms with Crippen LogP contribution in [0.15, 0.2) is 34.9 Å². The minimum absolute atomic E-state index is 0.163. The van der Waals surface area contributed by atoms with Crippen molar-refractivity contribution in [1.29, 1.82) is 0 Å². The Morgan fingerprint density at radius 1 is 1.09 bits per heavy atom. The van der Waals surface area contributed by atoms with Gasteiger partial charge in [-0.25, -0.2) is 21.1 Å². The van der Waals surface area contributed by atoms with Gasteiger partial charge in [0.05, 0.1) is 0 Å². The Morgan fingerprint density at radius 2 is 1.69 bits per heavy atom. The Hall–Kier alpha value is -2.73. The Labute approximate surface area is 195 Å². The van der Waals surface area contributed by atoms with Gasteiger partial charge < -0.3 is 16.2 Å². The molecule has 0 aliphatic rings. The van der Waals surface area contributed by atoms with Crippen LogP contribution >= 0.6 is 11.8 Å². The summed E-state index contributed by atoms with van der Waals surface area (Å²) < 4.78 is 0. The molecular formula is C23H36N4O4S. The monoisotopic (exact) mass is 464 g/mol. The van der Waals surface area contributed by atoms with E-state index in [-0.39, 0.29) is 12.4 Å². The number of carbonyl (C=O) groups is 3. The fourth-order valence-electron chi connectivity index (χ4n) is 2.60. The van der Waals surface area contributed by atoms with E-state index in [1.807, 2.05) is 0 Å². The molecule has 0 bridgehead atoms. The predicted molar refractivity (Wildman–Crippen MR) is 130 cm³/mol. The van der Waals surface area contributed by atoms with E-state index in [9.17, 15) is 19.5 Å². The number of nitrogens with two attached hydrogens (primary N) is 1. The quantitative estimate of drug-likeness (QED) is 0.193. The van der Waals surface area contributed by atoms with E-state index in [1.165, 1.54) is 28.5 Å². The van der Waals surface area contributed by atoms with E-state index in [2.05, 4.69) is 56.1 Å². The second-order valence-corrected chi connectivity index (χ2v) is 8.88. The molecule has 0 aromatic heterocycles. The lowest BCUT2D eigenvalue weighted by molar-refractivity contribution is -0.138. The van der Waals surface area contributed by atoms with Crippen molar-refractivity contribution >= 4 is 29.7 Å². The third kappa shape index (κ3) is 15.1. The Morgan fingerprint density at radius 3 is 2.22 bits per heavy atom. The van der Waals surface area contributed by atoms with Gasteiger partial charge in [-0.3, -0.25) is 9.64 Å². The number of thioether (sulfide) groups is 1. The Kier molecular flexibility index (Phi) is 15.5. The van der Waals surface area contributed by atoms with Gasteiger partial charge in [0.1, 0.15) is 12.6 Å². The summed E-state index contributed by atoms with van der Waals surface area (Å²) in [5.74, 6) is -1.16. The van der Waals surface area contributed by atoms with E-state index in [0.717, 1.165) is 30.6 Å². The molecular weight excluding hydrogens is 428 g/mol. The molecule has 9 heteroatoms. The summed E-state index contributed by atoms with van der Waals surface area (Å²) in [6, 6.07) is -1.93. The van der Waals surface area contributed by atoms with Gasteiger partial charge in [0.2, 0.25) is 5.91 Å². The first-order valence-electron chi connectivity index (χ1n) is 10.5. The number of carboxylic acid groups (broad SMARTS) is 1. The number of nitrogens with zero attached hydrogens (tertiary/aromatic N) is 2. The van der Waals surface area contributed by atoms with Crippen molar-refractivity contribution in [3.05, 3.63) is 46.4 Å². The standard InChI is InChI=1S/C23H36N4O4S/c1-17(2)8-6-9-18(3)10-7-11-19(4)12-13-32-15-20(22(29)30)26-23(31)27(16-25-5)14-21(24)28/h8,10,12,20H,6-7,9,11,13-16H2,1-4H3,(H2,24,28)(H,26,31)(H,29,30)/b18-10+,19-12+/t20-/m0/s1. The normalized spacial score (nSPS) is 12.5. The fraction of sp³-hybridized carbons (Fsp3) is 0.565. The number of nitrogens with one attached hydrogen (secondary N) is 1. The number of aliphatic carboxylic acids is 1. The third-order valence-corrected chi connectivity index (χ3v) is 5.40. The van der Waals surface area contributed by atoms with E-state index in [4.69, 9.17) is 12.3 Å². The highest BCUT2D eigenvalue weighted by Gasteiger charge is 2.25. The number of carbonyl (C=O) groups excluding carboxylic acids is 2. The van der Waals surface area contributed by atoms with Crippen molar-refractivity contribution in [2.45, 2.75) is 59.4 Å². The van der Waals surface area contributed by atoms with Gasteiger partial charge in [0.15, 0.2) is 0 Å². The first-order chi connectivity index (χ1) is 15.1. The average molecular weight is 465 g/mol. The molecule has 32 heavy (non-hydrogen) atoms. The highest BCUT2D eigenvalue weighted by atomic mass is 32.2. The van der Waals surface area contributed by atoms with Gasteiger partial charge in [0, 0.05) is 11.5 Å². The van der Waals surface area contributed by atoms with Gasteiger partial charge in [-0.05, 0) is 53.4 Å². The van der Waals surface area contributed by atoms with Crippen LogP contribution in [0.2, 0.25) is 0 Å². The van der Waals surface area contributed by atoms with Crippen LogP contribution in [0.3, 0.4) is 0 Å². The lowest BCUT2D eigenvalue weighted by atomic mass is 10.1. The number of amides is 3. The minimum Gasteiger partial charge on any atom is -0.480 e. The average Bonchev–Trinajstić information content (AvgIpc) is 2.69. The van der Waals surface area contributed by atoms with Gasteiger partial charge in [-0.1, -0.05) is 34.9 Å². The molecule has 0 aromatic carbocycles. The SMILES string of the molecule is [C-]#[N+]CN(CC(N)=O)C(=O)N[C@@H](CSC/C=C(\C)CC/C=C(\C)CCC=C(C)C)C(=O)O. The summed E-state index contributed by atoms with van der Waals surface area (Å²) in [6.45, 7) is 14.4. The molecule has 178 valence electrons. The maximum absolute atomic E-state index is 12.2. The maximum Gasteiger partial charge on any atom is 0.327 e. The highest BCUT2D eigenvalue weighted by Crippen LogP contribution is 2.13. The molecule has 8 nitrogen and oxygen atoms in total. The molecule has 1 atom stereocenters. The van der Waals surface area contributed by atoms with Crippen LogP contribution in [0.25, 0.3) is 4.85 Å². The van der Waals surface area contributed by atoms with Crippen molar-refractivity contribution in [2.24, 2.45) is 5.73 Å². The van der Waals surface area contributed by atoms with Crippen molar-refractivity contribution in [2.75, 3.05) is 24.7 Å². The van der Waals surface area contributed by atoms with Crippen LogP contribution in [-0.4, -0.2) is 58.7 Å². The van der Waals surface area contributed by atoms with E-state index in [0.29, 0.717) is 5.75 Å². The van der Waals surface area contributed by atoms with Crippen molar-refractivity contribution < 1.29 is 19.5 Å². The van der Waals surface area contributed by atoms with E-state index < -0.39 is 30.5 Å². The smallest absolute Gasteiger partial charge is 0.327 e. The number of allylic oxidation sites excluding steroid dienone is 5. The maximum atomic E-state index is 12.2. The number of hydrogen-bond acceptors (Lipinski definition) is 4. The Balaban J connectivity index is 4.49. The number of primary amides is 1. The van der Waals surface area contributed by atoms with Gasteiger partial charge >= 0.3 is 12.0 Å². The van der Waals surface area contributed by atoms with Crippen molar-refractivity contribution in [1.82, 2.24) is 10.2 Å². The first kappa shape index (κ1) is 29.3. The predicted octanol–water partition coefficient (Wildman–Crippen LogP) is 3.97. The topological polar surface area (TPSA) is 117 Å². The van der Waals surface area contributed by atoms with E-state index in [1.54, 1.807) is 0 Å². The molecule has 0 fully saturated rings. The summed E-state index contributed by atoms with van der Waals surface area (Å²) in [4.78, 5) is 38.6. The number of hydrogen-bond donors (Lipinski definition) is 3. The Bertz CT molecular complexity index is 764. The lowest BCUT2D eigenvalue weighted by Crippen LogP contribution is -2.50. The zero-order chi connectivity index (χ0) is 24.5. The zero-order valence-corrected chi connectivity index (χ0v) is 20.3. The van der Waals surface area contributed by atoms with Crippen LogP contribution in [0.1, 0.15) is 53.4 Å². The van der Waals surface area contributed by atoms with Crippen LogP contribution in [-0.2, 0) is 9.59 Å². The van der Waals surface area contributed by atoms with Crippen molar-refractivity contribution in [3.8, 4) is 0 Å². The summed E-state index contributed by atoms with van der Waals surface area (Å²) in [5, 5.41) is 11.7. The van der Waals surface area contributed by atoms with Crippen LogP contribution in [0.5, 0.6) is 0 Å². The fourth-order valence-corrected chi connectivity index (χ4v) is 3.60. The second kappa shape index (κ2) is 16.9. The van der Waals surface area contributed by atoms with Gasteiger partial charge in [0.25, 0.3) is 6.67 Å². The first-order valence-corrected chi connectivity index (χ1v) is 11.6. The molecule has 0 spiro atoms. The third-order valence-electron chi connectivity index (χ3n) is 4.43. The number of rotatable bonds is 15. The molecule has 0 saturated carbocycles. The number of carboxylic acids is 1. The molecule has 0 unspecified atom stereocenters. The van der Waals surface area contributed by atoms with Crippen LogP contribution < -0.4 is 11.1 Å². The summed E-state index contributed by atoms with van der Waals surface area (Å²) >= 11 is 1.39. The number of urea groups is 1. The molecule has 0 aliphatic carbocycles.